The van der Waals surface area contributed by atoms with E-state index in [-0.39, 0.29) is 6.84 Å². The van der Waals surface area contributed by atoms with Gasteiger partial charge in [-0.05, 0) is 66.6 Å². The fraction of sp³-hybridized carbons (Fsp3) is 0.250. The highest BCUT2D eigenvalue weighted by Crippen LogP contribution is 2.55. The molecule has 0 fully saturated rings. The van der Waals surface area contributed by atoms with E-state index in [1.807, 2.05) is 50.5 Å². The van der Waals surface area contributed by atoms with Gasteiger partial charge in [0, 0.05) is 24.8 Å². The first kappa shape index (κ1) is 20.8. The molecule has 1 heterocycles. The number of aromatic nitrogens is 1. The van der Waals surface area contributed by atoms with Crippen LogP contribution in [0.1, 0.15) is 44.5 Å². The van der Waals surface area contributed by atoms with E-state index >= 15 is 0 Å². The maximum absolute atomic E-state index is 4.29. The first-order valence-electron chi connectivity index (χ1n) is 10.5. The Bertz CT molecular complexity index is 1020. The zero-order valence-electron chi connectivity index (χ0n) is 18.1. The average Bonchev–Trinajstić information content (AvgIpc) is 3.33. The Kier molecular flexibility index (Phi) is 6.49. The Balaban J connectivity index is 0.000000229. The third-order valence-corrected chi connectivity index (χ3v) is 5.53. The van der Waals surface area contributed by atoms with Crippen molar-refractivity contribution in [1.82, 2.24) is 4.98 Å². The number of fused-ring (bicyclic) bond motifs is 3. The van der Waals surface area contributed by atoms with Crippen molar-refractivity contribution in [3.8, 4) is 11.1 Å². The lowest BCUT2D eigenvalue weighted by atomic mass is 9.92. The molecule has 0 radical (unpaired) electrons. The molecule has 2 aliphatic carbocycles. The number of rotatable bonds is 3. The molecule has 2 aromatic carbocycles. The molecule has 1 nitrogen and oxygen atoms in total. The van der Waals surface area contributed by atoms with E-state index < -0.39 is 0 Å². The van der Waals surface area contributed by atoms with Crippen molar-refractivity contribution >= 4 is 0 Å². The molecule has 0 aliphatic heterocycles. The molecule has 0 saturated carbocycles. The normalized spacial score (nSPS) is 17.4. The van der Waals surface area contributed by atoms with Crippen LogP contribution in [0.5, 0.6) is 0 Å². The molecule has 1 atom stereocenters. The summed E-state index contributed by atoms with van der Waals surface area (Å²) in [7, 11) is 0. The molecule has 2 aliphatic rings. The van der Waals surface area contributed by atoms with E-state index in [9.17, 15) is 0 Å². The van der Waals surface area contributed by atoms with Gasteiger partial charge in [0.15, 0.2) is 0 Å². The highest BCUT2D eigenvalue weighted by Gasteiger charge is 2.46. The van der Waals surface area contributed by atoms with Crippen molar-refractivity contribution in [2.24, 2.45) is 0 Å². The van der Waals surface area contributed by atoms with Gasteiger partial charge in [0.2, 0.25) is 0 Å². The van der Waals surface area contributed by atoms with E-state index in [0.29, 0.717) is 0 Å². The summed E-state index contributed by atoms with van der Waals surface area (Å²) in [6.45, 7) is 12.1. The van der Waals surface area contributed by atoms with E-state index in [0.717, 1.165) is 12.8 Å². The first-order chi connectivity index (χ1) is 14.1. The molecule has 29 heavy (non-hydrogen) atoms. The van der Waals surface area contributed by atoms with Gasteiger partial charge in [0.1, 0.15) is 0 Å². The maximum atomic E-state index is 4.29. The Hall–Kier alpha value is -2.93. The first-order valence-corrected chi connectivity index (χ1v) is 10.5. The van der Waals surface area contributed by atoms with Crippen LogP contribution in [-0.2, 0) is 18.3 Å². The van der Waals surface area contributed by atoms with Crippen LogP contribution in [0.2, 0.25) is 0 Å². The van der Waals surface area contributed by atoms with Gasteiger partial charge in [-0.25, -0.2) is 0 Å². The summed E-state index contributed by atoms with van der Waals surface area (Å²) in [5.41, 5.74) is 9.91. The molecule has 150 valence electrons. The van der Waals surface area contributed by atoms with Gasteiger partial charge >= 0.3 is 0 Å². The zero-order chi connectivity index (χ0) is 20.9. The van der Waals surface area contributed by atoms with Crippen LogP contribution in [0.25, 0.3) is 11.1 Å². The fourth-order valence-electron chi connectivity index (χ4n) is 3.89. The molecule has 1 aromatic heterocycles. The third-order valence-electron chi connectivity index (χ3n) is 5.53. The van der Waals surface area contributed by atoms with Crippen molar-refractivity contribution < 1.29 is 1.43 Å². The van der Waals surface area contributed by atoms with Crippen molar-refractivity contribution in [1.29, 1.82) is 0 Å². The van der Waals surface area contributed by atoms with Crippen molar-refractivity contribution in [2.75, 3.05) is 0 Å². The summed E-state index contributed by atoms with van der Waals surface area (Å²) < 4.78 is 0. The molecule has 1 unspecified atom stereocenters. The molecule has 0 spiro atoms. The third kappa shape index (κ3) is 4.56. The molecular weight excluding hydrogens is 350 g/mol. The maximum Gasteiger partial charge on any atom is 0.0346 e. The van der Waals surface area contributed by atoms with Crippen LogP contribution in [0.4, 0.5) is 0 Å². The predicted molar refractivity (Wildman–Crippen MR) is 127 cm³/mol. The summed E-state index contributed by atoms with van der Waals surface area (Å²) in [5.74, 6) is 0. The molecule has 0 bridgehead atoms. The number of aryl methyl sites for hydroxylation is 1. The fourth-order valence-corrected chi connectivity index (χ4v) is 3.89. The second-order valence-corrected chi connectivity index (χ2v) is 7.65. The van der Waals surface area contributed by atoms with Crippen LogP contribution in [-0.4, -0.2) is 4.98 Å². The van der Waals surface area contributed by atoms with Crippen LogP contribution in [0.15, 0.2) is 91.3 Å². The SMILES string of the molecule is C=CCc1ccccc1.CC.Cc1cncc(-c2ccc3c(c2)C2(C)C=C2C3)c1.[HH]. The second kappa shape index (κ2) is 9.05. The lowest BCUT2D eigenvalue weighted by Gasteiger charge is -2.12. The highest BCUT2D eigenvalue weighted by molar-refractivity contribution is 5.71. The minimum atomic E-state index is 0. The van der Waals surface area contributed by atoms with E-state index in [4.69, 9.17) is 0 Å². The van der Waals surface area contributed by atoms with E-state index in [2.05, 4.69) is 67.9 Å². The van der Waals surface area contributed by atoms with Gasteiger partial charge in [-0.3, -0.25) is 4.98 Å². The minimum absolute atomic E-state index is 0. The van der Waals surface area contributed by atoms with E-state index in [1.165, 1.54) is 33.4 Å². The van der Waals surface area contributed by atoms with Crippen LogP contribution in [0, 0.1) is 6.92 Å². The number of hydrogen-bond acceptors (Lipinski definition) is 1. The molecule has 0 amide bonds. The lowest BCUT2D eigenvalue weighted by molar-refractivity contribution is 0.863. The smallest absolute Gasteiger partial charge is 0.0346 e. The molecule has 1 heteroatoms. The topological polar surface area (TPSA) is 12.9 Å². The van der Waals surface area contributed by atoms with Gasteiger partial charge in [-0.1, -0.05) is 74.0 Å². The Morgan fingerprint density at radius 3 is 2.48 bits per heavy atom. The van der Waals surface area contributed by atoms with Gasteiger partial charge < -0.3 is 0 Å². The summed E-state index contributed by atoms with van der Waals surface area (Å²) >= 11 is 0. The van der Waals surface area contributed by atoms with Gasteiger partial charge in [0.25, 0.3) is 0 Å². The Morgan fingerprint density at radius 2 is 1.79 bits per heavy atom. The number of nitrogens with zero attached hydrogens (tertiary/aromatic N) is 1. The van der Waals surface area contributed by atoms with Crippen LogP contribution < -0.4 is 0 Å². The molecular formula is C28H33N. The predicted octanol–water partition coefficient (Wildman–Crippen LogP) is 7.50. The van der Waals surface area contributed by atoms with Crippen LogP contribution in [0.3, 0.4) is 0 Å². The lowest BCUT2D eigenvalue weighted by Crippen LogP contribution is -2.01. The number of benzene rings is 2. The minimum Gasteiger partial charge on any atom is -0.264 e. The van der Waals surface area contributed by atoms with Gasteiger partial charge in [-0.15, -0.1) is 6.58 Å². The van der Waals surface area contributed by atoms with E-state index in [1.54, 1.807) is 5.57 Å². The van der Waals surface area contributed by atoms with Crippen molar-refractivity contribution in [3.05, 3.63) is 114 Å². The second-order valence-electron chi connectivity index (χ2n) is 7.65. The monoisotopic (exact) mass is 383 g/mol. The van der Waals surface area contributed by atoms with Gasteiger partial charge in [0.05, 0.1) is 0 Å². The van der Waals surface area contributed by atoms with Gasteiger partial charge in [-0.2, -0.15) is 0 Å². The molecule has 0 saturated heterocycles. The Morgan fingerprint density at radius 1 is 1.03 bits per heavy atom. The quantitative estimate of drug-likeness (QED) is 0.427. The number of allylic oxidation sites excluding steroid dienone is 3. The van der Waals surface area contributed by atoms with Crippen molar-refractivity contribution in [2.45, 2.75) is 46.0 Å². The highest BCUT2D eigenvalue weighted by atomic mass is 14.6. The summed E-state index contributed by atoms with van der Waals surface area (Å²) in [5, 5.41) is 0. The zero-order valence-corrected chi connectivity index (χ0v) is 18.1. The standard InChI is InChI=1S/C17H15N.C9H10.C2H6.H2/c1-11-5-14(10-18-9-11)12-3-4-13-6-15-8-17(15,2)16(13)7-12;1-2-6-9-7-4-3-5-8-9;1-2;/h3-5,7-10H,6H2,1-2H3;2-5,7-8H,1,6H2;1-2H3;1H. The summed E-state index contributed by atoms with van der Waals surface area (Å²) in [6, 6.07) is 19.4. The molecule has 3 aromatic rings. The largest absolute Gasteiger partial charge is 0.264 e. The number of pyridine rings is 1. The molecule has 5 rings (SSSR count). The molecule has 0 N–H and O–H groups in total. The Labute approximate surface area is 177 Å². The average molecular weight is 384 g/mol. The van der Waals surface area contributed by atoms with Crippen LogP contribution >= 0.6 is 0 Å². The number of hydrogen-bond donors (Lipinski definition) is 0. The summed E-state index contributed by atoms with van der Waals surface area (Å²) in [4.78, 5) is 4.29. The van der Waals surface area contributed by atoms with Crippen molar-refractivity contribution in [3.63, 3.8) is 0 Å². The summed E-state index contributed by atoms with van der Waals surface area (Å²) in [6.07, 6.45) is 10.3.